The Labute approximate surface area is 58.1 Å². The molecular weight excluding hydrogens is 205 g/mol. The Kier molecular flexibility index (Phi) is 2.83. The molecule has 0 fully saturated rings. The highest BCUT2D eigenvalue weighted by Gasteiger charge is 2.35. The highest BCUT2D eigenvalue weighted by Crippen LogP contribution is 2.18. The summed E-state index contributed by atoms with van der Waals surface area (Å²) in [6, 6.07) is 0. The summed E-state index contributed by atoms with van der Waals surface area (Å²) < 4.78 is 23.5. The maximum Gasteiger partial charge on any atom is 0.329 e. The average molecular weight is 207 g/mol. The van der Waals surface area contributed by atoms with Crippen molar-refractivity contribution in [3.63, 3.8) is 0 Å². The van der Waals surface area contributed by atoms with Crippen LogP contribution in [0.1, 0.15) is 0 Å². The predicted molar refractivity (Wildman–Crippen MR) is 29.6 cm³/mol. The lowest BCUT2D eigenvalue weighted by molar-refractivity contribution is -0.130. The lowest BCUT2D eigenvalue weighted by atomic mass is 10.4. The van der Waals surface area contributed by atoms with Gasteiger partial charge < -0.3 is 0 Å². The number of rotatable bonds is 2. The normalized spacial score (nSPS) is 11.5. The molecule has 0 aromatic heterocycles. The van der Waals surface area contributed by atoms with Gasteiger partial charge in [0.15, 0.2) is 0 Å². The largest absolute Gasteiger partial charge is 0.329 e. The third-order valence-corrected chi connectivity index (χ3v) is 1.44. The summed E-state index contributed by atoms with van der Waals surface area (Å²) in [6.07, 6.45) is 0. The minimum Gasteiger partial charge on any atom is -0.274 e. The first kappa shape index (κ1) is 8.30. The molecule has 0 heterocycles. The first-order valence-electron chi connectivity index (χ1n) is 1.64. The summed E-state index contributed by atoms with van der Waals surface area (Å²) in [6.45, 7) is 0. The van der Waals surface area contributed by atoms with Gasteiger partial charge in [-0.1, -0.05) is 15.9 Å². The molecule has 48 valence electrons. The van der Waals surface area contributed by atoms with Gasteiger partial charge in [0.2, 0.25) is 0 Å². The lowest BCUT2D eigenvalue weighted by Crippen LogP contribution is -2.25. The van der Waals surface area contributed by atoms with Crippen LogP contribution in [0.15, 0.2) is 0 Å². The van der Waals surface area contributed by atoms with Gasteiger partial charge in [-0.05, 0) is 11.6 Å². The fraction of sp³-hybridized carbons (Fsp3) is 0.667. The Balaban J connectivity index is 3.91. The van der Waals surface area contributed by atoms with Crippen molar-refractivity contribution >= 4 is 32.8 Å². The summed E-state index contributed by atoms with van der Waals surface area (Å²) in [5.74, 6) is -3.42. The van der Waals surface area contributed by atoms with Gasteiger partial charge in [0.25, 0.3) is 5.24 Å². The minimum absolute atomic E-state index is 0.720. The fourth-order valence-corrected chi connectivity index (χ4v) is 0.535. The molecule has 1 nitrogen and oxygen atoms in total. The van der Waals surface area contributed by atoms with E-state index in [0.29, 0.717) is 0 Å². The Hall–Kier alpha value is 0.300. The molecule has 0 rings (SSSR count). The molecule has 0 N–H and O–H groups in total. The molecule has 0 bridgehead atoms. The van der Waals surface area contributed by atoms with Crippen molar-refractivity contribution in [3.8, 4) is 0 Å². The van der Waals surface area contributed by atoms with Crippen LogP contribution in [0.25, 0.3) is 0 Å². The maximum atomic E-state index is 11.7. The van der Waals surface area contributed by atoms with Crippen molar-refractivity contribution in [2.45, 2.75) is 5.92 Å². The Morgan fingerprint density at radius 1 is 1.75 bits per heavy atom. The SMILES string of the molecule is O=C(Cl)C(F)(F)CBr. The first-order valence-corrected chi connectivity index (χ1v) is 3.14. The van der Waals surface area contributed by atoms with E-state index in [1.165, 1.54) is 0 Å². The van der Waals surface area contributed by atoms with Crippen molar-refractivity contribution in [2.75, 3.05) is 5.33 Å². The highest BCUT2D eigenvalue weighted by molar-refractivity contribution is 9.09. The van der Waals surface area contributed by atoms with Gasteiger partial charge in [0.05, 0.1) is 5.33 Å². The molecule has 0 aliphatic carbocycles. The van der Waals surface area contributed by atoms with Gasteiger partial charge in [0.1, 0.15) is 0 Å². The summed E-state index contributed by atoms with van der Waals surface area (Å²) in [7, 11) is 0. The molecule has 0 atom stereocenters. The van der Waals surface area contributed by atoms with Crippen LogP contribution in [0.3, 0.4) is 0 Å². The minimum atomic E-state index is -3.42. The average Bonchev–Trinajstić information content (AvgIpc) is 1.67. The van der Waals surface area contributed by atoms with Crippen LogP contribution in [0.4, 0.5) is 8.78 Å². The molecular formula is C3H2BrClF2O. The van der Waals surface area contributed by atoms with E-state index < -0.39 is 16.5 Å². The Bertz CT molecular complexity index is 105. The number of carbonyl (C=O) groups is 1. The van der Waals surface area contributed by atoms with Gasteiger partial charge in [-0.3, -0.25) is 4.79 Å². The number of alkyl halides is 3. The van der Waals surface area contributed by atoms with Gasteiger partial charge in [-0.25, -0.2) is 0 Å². The van der Waals surface area contributed by atoms with E-state index in [4.69, 9.17) is 0 Å². The topological polar surface area (TPSA) is 17.1 Å². The molecule has 0 saturated heterocycles. The Morgan fingerprint density at radius 2 is 2.12 bits per heavy atom. The molecule has 0 aromatic carbocycles. The van der Waals surface area contributed by atoms with E-state index in [9.17, 15) is 13.6 Å². The van der Waals surface area contributed by atoms with Crippen molar-refractivity contribution in [3.05, 3.63) is 0 Å². The molecule has 0 aromatic rings. The molecule has 0 aliphatic heterocycles. The van der Waals surface area contributed by atoms with E-state index >= 15 is 0 Å². The molecule has 0 spiro atoms. The molecule has 0 saturated carbocycles. The zero-order valence-electron chi connectivity index (χ0n) is 3.63. The monoisotopic (exact) mass is 206 g/mol. The second kappa shape index (κ2) is 2.73. The van der Waals surface area contributed by atoms with E-state index in [1.807, 2.05) is 0 Å². The highest BCUT2D eigenvalue weighted by atomic mass is 79.9. The third-order valence-electron chi connectivity index (χ3n) is 0.455. The number of halogens is 4. The van der Waals surface area contributed by atoms with Gasteiger partial charge in [0, 0.05) is 0 Å². The summed E-state index contributed by atoms with van der Waals surface area (Å²) >= 11 is 6.87. The molecule has 8 heavy (non-hydrogen) atoms. The zero-order valence-corrected chi connectivity index (χ0v) is 5.97. The van der Waals surface area contributed by atoms with Crippen LogP contribution in [0, 0.1) is 0 Å². The number of hydrogen-bond donors (Lipinski definition) is 0. The molecule has 5 heteroatoms. The van der Waals surface area contributed by atoms with Gasteiger partial charge >= 0.3 is 5.92 Å². The van der Waals surface area contributed by atoms with Crippen molar-refractivity contribution in [1.29, 1.82) is 0 Å². The fourth-order valence-electron chi connectivity index (χ4n) is 0.0525. The Morgan fingerprint density at radius 3 is 2.12 bits per heavy atom. The number of carbonyl (C=O) groups excluding carboxylic acids is 1. The molecule has 0 aliphatic rings. The zero-order chi connectivity index (χ0) is 6.78. The van der Waals surface area contributed by atoms with Crippen LogP contribution in [-0.4, -0.2) is 16.5 Å². The third kappa shape index (κ3) is 2.05. The second-order valence-electron chi connectivity index (χ2n) is 1.11. The van der Waals surface area contributed by atoms with E-state index in [0.717, 1.165) is 0 Å². The molecule has 0 unspecified atom stereocenters. The van der Waals surface area contributed by atoms with Crippen LogP contribution in [0.2, 0.25) is 0 Å². The summed E-state index contributed by atoms with van der Waals surface area (Å²) in [4.78, 5) is 9.68. The van der Waals surface area contributed by atoms with Gasteiger partial charge in [-0.15, -0.1) is 0 Å². The van der Waals surface area contributed by atoms with E-state index in [2.05, 4.69) is 27.5 Å². The van der Waals surface area contributed by atoms with E-state index in [1.54, 1.807) is 0 Å². The maximum absolute atomic E-state index is 11.7. The summed E-state index contributed by atoms with van der Waals surface area (Å²) in [5, 5.41) is -2.35. The quantitative estimate of drug-likeness (QED) is 0.498. The smallest absolute Gasteiger partial charge is 0.274 e. The van der Waals surface area contributed by atoms with Crippen molar-refractivity contribution < 1.29 is 13.6 Å². The summed E-state index contributed by atoms with van der Waals surface area (Å²) in [5.41, 5.74) is 0. The molecule has 0 radical (unpaired) electrons. The van der Waals surface area contributed by atoms with Crippen LogP contribution < -0.4 is 0 Å². The van der Waals surface area contributed by atoms with E-state index in [-0.39, 0.29) is 0 Å². The van der Waals surface area contributed by atoms with Crippen LogP contribution in [0.5, 0.6) is 0 Å². The molecule has 0 amide bonds. The standard InChI is InChI=1S/C3H2BrClF2O/c4-1-3(6,7)2(5)8/h1H2. The number of hydrogen-bond acceptors (Lipinski definition) is 1. The van der Waals surface area contributed by atoms with Crippen LogP contribution >= 0.6 is 27.5 Å². The second-order valence-corrected chi connectivity index (χ2v) is 2.02. The lowest BCUT2D eigenvalue weighted by Gasteiger charge is -2.03. The first-order chi connectivity index (χ1) is 3.50. The predicted octanol–water partition coefficient (Wildman–Crippen LogP) is 1.78. The van der Waals surface area contributed by atoms with Gasteiger partial charge in [-0.2, -0.15) is 8.78 Å². The van der Waals surface area contributed by atoms with Crippen molar-refractivity contribution in [1.82, 2.24) is 0 Å². The van der Waals surface area contributed by atoms with Crippen LogP contribution in [-0.2, 0) is 4.79 Å². The van der Waals surface area contributed by atoms with Crippen molar-refractivity contribution in [2.24, 2.45) is 0 Å².